The van der Waals surface area contributed by atoms with E-state index in [1.807, 2.05) is 44.2 Å². The minimum atomic E-state index is -3.53. The van der Waals surface area contributed by atoms with E-state index < -0.39 is 15.1 Å². The minimum absolute atomic E-state index is 0.128. The van der Waals surface area contributed by atoms with Crippen molar-refractivity contribution < 1.29 is 8.42 Å². The average Bonchev–Trinajstić information content (AvgIpc) is 2.68. The number of fused-ring (bicyclic) bond motifs is 1. The molecule has 6 heteroatoms. The molecule has 0 radical (unpaired) electrons. The summed E-state index contributed by atoms with van der Waals surface area (Å²) in [6, 6.07) is 16.4. The van der Waals surface area contributed by atoms with Crippen molar-refractivity contribution in [1.82, 2.24) is 9.97 Å². The first-order valence-electron chi connectivity index (χ1n) is 9.34. The molecule has 28 heavy (non-hydrogen) atoms. The van der Waals surface area contributed by atoms with Gasteiger partial charge in [0.2, 0.25) is 0 Å². The van der Waals surface area contributed by atoms with Gasteiger partial charge in [-0.15, -0.1) is 0 Å². The molecule has 0 fully saturated rings. The van der Waals surface area contributed by atoms with Crippen LogP contribution in [0.5, 0.6) is 0 Å². The summed E-state index contributed by atoms with van der Waals surface area (Å²) in [6.45, 7) is 3.84. The standard InChI is InChI=1S/C22H22N2O3S/c1-14-8-10-17(11-9-14)28(26,27)20-13-18-19(12-15(20)2)23-21(24-22(18)25)16-6-4-3-5-7-16/h3-11,15,20H,12-13H2,1-2H3,(H,23,24,25)/t15-,20-/m1/s1. The second-order valence-electron chi connectivity index (χ2n) is 7.49. The van der Waals surface area contributed by atoms with Crippen LogP contribution in [0.25, 0.3) is 11.4 Å². The van der Waals surface area contributed by atoms with E-state index in [0.717, 1.165) is 11.1 Å². The molecule has 3 aromatic rings. The van der Waals surface area contributed by atoms with Crippen LogP contribution < -0.4 is 5.56 Å². The quantitative estimate of drug-likeness (QED) is 0.739. The predicted octanol–water partition coefficient (Wildman–Crippen LogP) is 3.32. The summed E-state index contributed by atoms with van der Waals surface area (Å²) in [4.78, 5) is 20.5. The van der Waals surface area contributed by atoms with Crippen molar-refractivity contribution >= 4 is 9.84 Å². The first-order valence-corrected chi connectivity index (χ1v) is 10.9. The molecule has 0 spiro atoms. The van der Waals surface area contributed by atoms with Gasteiger partial charge in [0.1, 0.15) is 5.82 Å². The van der Waals surface area contributed by atoms with Gasteiger partial charge >= 0.3 is 0 Å². The van der Waals surface area contributed by atoms with Crippen molar-refractivity contribution in [2.24, 2.45) is 5.92 Å². The molecule has 0 bridgehead atoms. The third-order valence-corrected chi connectivity index (χ3v) is 7.81. The van der Waals surface area contributed by atoms with Crippen LogP contribution >= 0.6 is 0 Å². The summed E-state index contributed by atoms with van der Waals surface area (Å²) in [6.07, 6.45) is 0.652. The van der Waals surface area contributed by atoms with Crippen molar-refractivity contribution in [2.45, 2.75) is 36.8 Å². The number of benzene rings is 2. The molecule has 1 N–H and O–H groups in total. The van der Waals surface area contributed by atoms with E-state index >= 15 is 0 Å². The van der Waals surface area contributed by atoms with Crippen LogP contribution in [0.15, 0.2) is 64.3 Å². The summed E-state index contributed by atoms with van der Waals surface area (Å²) in [5.41, 5.74) is 2.78. The van der Waals surface area contributed by atoms with Gasteiger partial charge in [0.05, 0.1) is 15.8 Å². The molecular weight excluding hydrogens is 372 g/mol. The second-order valence-corrected chi connectivity index (χ2v) is 9.65. The van der Waals surface area contributed by atoms with Crippen LogP contribution in [-0.2, 0) is 22.7 Å². The van der Waals surface area contributed by atoms with Crippen molar-refractivity contribution in [3.05, 3.63) is 81.8 Å². The second kappa shape index (κ2) is 7.02. The molecule has 2 atom stereocenters. The lowest BCUT2D eigenvalue weighted by molar-refractivity contribution is 0.469. The molecule has 1 aliphatic rings. The lowest BCUT2D eigenvalue weighted by atomic mass is 9.88. The predicted molar refractivity (Wildman–Crippen MR) is 109 cm³/mol. The highest BCUT2D eigenvalue weighted by molar-refractivity contribution is 7.92. The molecule has 0 aliphatic heterocycles. The normalized spacial score (nSPS) is 19.2. The Bertz CT molecular complexity index is 1170. The molecule has 0 saturated heterocycles. The largest absolute Gasteiger partial charge is 0.306 e. The third-order valence-electron chi connectivity index (χ3n) is 5.45. The van der Waals surface area contributed by atoms with Gasteiger partial charge in [-0.1, -0.05) is 55.0 Å². The molecule has 1 aromatic heterocycles. The SMILES string of the molecule is Cc1ccc(S(=O)(=O)[C@@H]2Cc3c(nc(-c4ccccc4)[nH]c3=O)C[C@H]2C)cc1. The first kappa shape index (κ1) is 18.6. The maximum Gasteiger partial charge on any atom is 0.254 e. The lowest BCUT2D eigenvalue weighted by Crippen LogP contribution is -2.39. The van der Waals surface area contributed by atoms with E-state index in [2.05, 4.69) is 9.97 Å². The zero-order valence-electron chi connectivity index (χ0n) is 15.8. The summed E-state index contributed by atoms with van der Waals surface area (Å²) in [7, 11) is -3.53. The van der Waals surface area contributed by atoms with Gasteiger partial charge in [0.25, 0.3) is 5.56 Å². The minimum Gasteiger partial charge on any atom is -0.306 e. The summed E-state index contributed by atoms with van der Waals surface area (Å²) < 4.78 is 26.4. The van der Waals surface area contributed by atoms with Crippen molar-refractivity contribution in [3.8, 4) is 11.4 Å². The molecule has 5 nitrogen and oxygen atoms in total. The maximum atomic E-state index is 13.2. The van der Waals surface area contributed by atoms with Crippen LogP contribution in [0.3, 0.4) is 0 Å². The highest BCUT2D eigenvalue weighted by atomic mass is 32.2. The molecule has 1 aliphatic carbocycles. The van der Waals surface area contributed by atoms with Gasteiger partial charge in [-0.05, 0) is 37.8 Å². The molecule has 2 aromatic carbocycles. The number of aryl methyl sites for hydroxylation is 1. The van der Waals surface area contributed by atoms with E-state index in [0.29, 0.717) is 28.4 Å². The molecular formula is C22H22N2O3S. The van der Waals surface area contributed by atoms with Crippen molar-refractivity contribution in [2.75, 3.05) is 0 Å². The Balaban J connectivity index is 1.73. The number of aromatic amines is 1. The molecule has 1 heterocycles. The van der Waals surface area contributed by atoms with E-state index in [-0.39, 0.29) is 17.9 Å². The van der Waals surface area contributed by atoms with Gasteiger partial charge < -0.3 is 4.98 Å². The number of aromatic nitrogens is 2. The van der Waals surface area contributed by atoms with Crippen LogP contribution in [0.1, 0.15) is 23.7 Å². The van der Waals surface area contributed by atoms with E-state index in [1.54, 1.807) is 24.3 Å². The molecule has 0 unspecified atom stereocenters. The van der Waals surface area contributed by atoms with E-state index in [9.17, 15) is 13.2 Å². The van der Waals surface area contributed by atoms with Gasteiger partial charge in [-0.25, -0.2) is 13.4 Å². The van der Waals surface area contributed by atoms with Gasteiger partial charge in [0, 0.05) is 11.1 Å². The summed E-state index contributed by atoms with van der Waals surface area (Å²) in [5, 5.41) is -0.631. The Morgan fingerprint density at radius 3 is 2.36 bits per heavy atom. The van der Waals surface area contributed by atoms with Crippen LogP contribution in [-0.4, -0.2) is 23.6 Å². The Morgan fingerprint density at radius 2 is 1.68 bits per heavy atom. The van der Waals surface area contributed by atoms with Crippen LogP contribution in [0.2, 0.25) is 0 Å². The number of hydrogen-bond donors (Lipinski definition) is 1. The molecule has 0 amide bonds. The Hall–Kier alpha value is -2.73. The first-order chi connectivity index (χ1) is 13.4. The number of rotatable bonds is 3. The average molecular weight is 394 g/mol. The summed E-state index contributed by atoms with van der Waals surface area (Å²) >= 11 is 0. The third kappa shape index (κ3) is 3.29. The smallest absolute Gasteiger partial charge is 0.254 e. The van der Waals surface area contributed by atoms with Gasteiger partial charge in [0.15, 0.2) is 9.84 Å². The zero-order valence-corrected chi connectivity index (χ0v) is 16.7. The fourth-order valence-corrected chi connectivity index (χ4v) is 5.77. The Morgan fingerprint density at radius 1 is 1.00 bits per heavy atom. The van der Waals surface area contributed by atoms with Crippen molar-refractivity contribution in [1.29, 1.82) is 0 Å². The Labute approximate surface area is 164 Å². The number of sulfone groups is 1. The molecule has 0 saturated carbocycles. The summed E-state index contributed by atoms with van der Waals surface area (Å²) in [5.74, 6) is 0.396. The van der Waals surface area contributed by atoms with Crippen LogP contribution in [0, 0.1) is 12.8 Å². The fraction of sp³-hybridized carbons (Fsp3) is 0.273. The van der Waals surface area contributed by atoms with E-state index in [1.165, 1.54) is 0 Å². The lowest BCUT2D eigenvalue weighted by Gasteiger charge is -2.29. The fourth-order valence-electron chi connectivity index (χ4n) is 3.81. The highest BCUT2D eigenvalue weighted by Crippen LogP contribution is 2.31. The van der Waals surface area contributed by atoms with E-state index in [4.69, 9.17) is 0 Å². The number of nitrogens with one attached hydrogen (secondary N) is 1. The monoisotopic (exact) mass is 394 g/mol. The number of H-pyrrole nitrogens is 1. The highest BCUT2D eigenvalue weighted by Gasteiger charge is 2.38. The number of nitrogens with zero attached hydrogens (tertiary/aromatic N) is 1. The van der Waals surface area contributed by atoms with Gasteiger partial charge in [-0.2, -0.15) is 0 Å². The zero-order chi connectivity index (χ0) is 19.9. The maximum absolute atomic E-state index is 13.2. The van der Waals surface area contributed by atoms with Crippen molar-refractivity contribution in [3.63, 3.8) is 0 Å². The van der Waals surface area contributed by atoms with Gasteiger partial charge in [-0.3, -0.25) is 4.79 Å². The molecule has 4 rings (SSSR count). The molecule has 144 valence electrons. The topological polar surface area (TPSA) is 79.9 Å². The van der Waals surface area contributed by atoms with Crippen LogP contribution in [0.4, 0.5) is 0 Å². The number of hydrogen-bond acceptors (Lipinski definition) is 4. The Kier molecular flexibility index (Phi) is 4.67.